The molecule has 1 aliphatic heterocycles. The Labute approximate surface area is 86.1 Å². The van der Waals surface area contributed by atoms with Crippen molar-refractivity contribution in [1.29, 1.82) is 0 Å². The molecule has 0 aromatic carbocycles. The van der Waals surface area contributed by atoms with Crippen LogP contribution in [0.25, 0.3) is 0 Å². The summed E-state index contributed by atoms with van der Waals surface area (Å²) in [5, 5.41) is 8.67. The van der Waals surface area contributed by atoms with Gasteiger partial charge in [-0.1, -0.05) is 6.92 Å². The molecule has 0 aromatic heterocycles. The van der Waals surface area contributed by atoms with Crippen LogP contribution in [0, 0.1) is 0 Å². The second-order valence-electron chi connectivity index (χ2n) is 3.97. The van der Waals surface area contributed by atoms with Gasteiger partial charge in [-0.15, -0.1) is 0 Å². The number of amides is 1. The third kappa shape index (κ3) is 2.98. The van der Waals surface area contributed by atoms with Crippen molar-refractivity contribution in [3.63, 3.8) is 0 Å². The van der Waals surface area contributed by atoms with Crippen molar-refractivity contribution in [1.82, 2.24) is 4.90 Å². The van der Waals surface area contributed by atoms with Gasteiger partial charge in [0.25, 0.3) is 0 Å². The Balaban J connectivity index is 2.41. The Kier molecular flexibility index (Phi) is 4.94. The number of piperidine rings is 1. The van der Waals surface area contributed by atoms with Crippen LogP contribution in [0.3, 0.4) is 0 Å². The number of nitrogens with zero attached hydrogens (tertiary/aromatic N) is 1. The van der Waals surface area contributed by atoms with Gasteiger partial charge in [0.05, 0.1) is 0 Å². The van der Waals surface area contributed by atoms with Gasteiger partial charge in [0.1, 0.15) is 0 Å². The lowest BCUT2D eigenvalue weighted by Crippen LogP contribution is -2.43. The van der Waals surface area contributed by atoms with E-state index in [4.69, 9.17) is 5.11 Å². The summed E-state index contributed by atoms with van der Waals surface area (Å²) < 4.78 is 0. The summed E-state index contributed by atoms with van der Waals surface area (Å²) in [5.74, 6) is 0.227. The number of carbonyl (C=O) groups excluding carboxylic acids is 1. The van der Waals surface area contributed by atoms with Crippen LogP contribution >= 0.6 is 0 Å². The van der Waals surface area contributed by atoms with E-state index in [1.54, 1.807) is 0 Å². The lowest BCUT2D eigenvalue weighted by molar-refractivity contribution is -0.135. The van der Waals surface area contributed by atoms with E-state index >= 15 is 0 Å². The average Bonchev–Trinajstić information content (AvgIpc) is 2.25. The molecule has 3 heteroatoms. The number of carbonyl (C=O) groups is 1. The van der Waals surface area contributed by atoms with Crippen molar-refractivity contribution >= 4 is 5.91 Å². The Morgan fingerprint density at radius 1 is 1.50 bits per heavy atom. The van der Waals surface area contributed by atoms with Crippen LogP contribution < -0.4 is 0 Å². The first-order chi connectivity index (χ1) is 6.79. The smallest absolute Gasteiger partial charge is 0.222 e. The van der Waals surface area contributed by atoms with Gasteiger partial charge >= 0.3 is 0 Å². The molecule has 0 spiro atoms. The Morgan fingerprint density at radius 2 is 2.29 bits per heavy atom. The maximum atomic E-state index is 11.7. The highest BCUT2D eigenvalue weighted by atomic mass is 16.3. The van der Waals surface area contributed by atoms with Crippen LogP contribution in [-0.2, 0) is 4.79 Å². The lowest BCUT2D eigenvalue weighted by Gasteiger charge is -2.35. The molecule has 0 aliphatic carbocycles. The highest BCUT2D eigenvalue weighted by Gasteiger charge is 2.24. The number of hydrogen-bond acceptors (Lipinski definition) is 2. The highest BCUT2D eigenvalue weighted by Crippen LogP contribution is 2.20. The van der Waals surface area contributed by atoms with Gasteiger partial charge in [-0.3, -0.25) is 4.79 Å². The molecule has 1 saturated heterocycles. The quantitative estimate of drug-likeness (QED) is 0.746. The average molecular weight is 199 g/mol. The predicted octanol–water partition coefficient (Wildman–Crippen LogP) is 1.55. The van der Waals surface area contributed by atoms with Crippen LogP contribution in [0.2, 0.25) is 0 Å². The molecule has 1 N–H and O–H groups in total. The minimum Gasteiger partial charge on any atom is -0.396 e. The molecule has 1 aliphatic rings. The van der Waals surface area contributed by atoms with Gasteiger partial charge in [0, 0.05) is 25.6 Å². The maximum Gasteiger partial charge on any atom is 0.222 e. The molecule has 1 fully saturated rings. The van der Waals surface area contributed by atoms with E-state index in [0.717, 1.165) is 25.8 Å². The lowest BCUT2D eigenvalue weighted by atomic mass is 9.99. The largest absolute Gasteiger partial charge is 0.396 e. The minimum absolute atomic E-state index is 0.121. The van der Waals surface area contributed by atoms with Crippen LogP contribution in [0.1, 0.15) is 45.4 Å². The molecule has 0 bridgehead atoms. The molecule has 1 heterocycles. The number of rotatable bonds is 4. The first-order valence-corrected chi connectivity index (χ1v) is 5.70. The summed E-state index contributed by atoms with van der Waals surface area (Å²) in [6, 6.07) is 0.454. The van der Waals surface area contributed by atoms with Crippen molar-refractivity contribution in [3.8, 4) is 0 Å². The molecule has 0 radical (unpaired) electrons. The van der Waals surface area contributed by atoms with Crippen molar-refractivity contribution < 1.29 is 9.90 Å². The summed E-state index contributed by atoms with van der Waals surface area (Å²) in [6.45, 7) is 3.18. The molecule has 1 unspecified atom stereocenters. The summed E-state index contributed by atoms with van der Waals surface area (Å²) in [5.41, 5.74) is 0. The first kappa shape index (κ1) is 11.5. The third-order valence-corrected chi connectivity index (χ3v) is 2.97. The molecule has 14 heavy (non-hydrogen) atoms. The van der Waals surface area contributed by atoms with E-state index in [0.29, 0.717) is 18.9 Å². The Bertz CT molecular complexity index is 182. The molecule has 1 atom stereocenters. The van der Waals surface area contributed by atoms with E-state index in [1.807, 2.05) is 4.90 Å². The zero-order chi connectivity index (χ0) is 10.4. The number of aliphatic hydroxyl groups is 1. The maximum absolute atomic E-state index is 11.7. The summed E-state index contributed by atoms with van der Waals surface area (Å²) >= 11 is 0. The van der Waals surface area contributed by atoms with Crippen molar-refractivity contribution in [2.45, 2.75) is 51.5 Å². The van der Waals surface area contributed by atoms with Crippen LogP contribution in [0.5, 0.6) is 0 Å². The first-order valence-electron chi connectivity index (χ1n) is 5.70. The van der Waals surface area contributed by atoms with Crippen molar-refractivity contribution in [2.24, 2.45) is 0 Å². The topological polar surface area (TPSA) is 40.5 Å². The Morgan fingerprint density at radius 3 is 2.93 bits per heavy atom. The predicted molar refractivity (Wildman–Crippen MR) is 56.0 cm³/mol. The fourth-order valence-corrected chi connectivity index (χ4v) is 2.13. The minimum atomic E-state index is 0.121. The molecule has 0 saturated carbocycles. The summed E-state index contributed by atoms with van der Waals surface area (Å²) in [6.07, 6.45) is 5.72. The molecule has 0 aromatic rings. The molecule has 1 rings (SSSR count). The number of hydrogen-bond donors (Lipinski definition) is 1. The zero-order valence-electron chi connectivity index (χ0n) is 9.04. The van der Waals surface area contributed by atoms with Crippen molar-refractivity contribution in [3.05, 3.63) is 0 Å². The second-order valence-corrected chi connectivity index (χ2v) is 3.97. The molecular formula is C11H21NO2. The van der Waals surface area contributed by atoms with Gasteiger partial charge in [0.2, 0.25) is 5.91 Å². The van der Waals surface area contributed by atoms with E-state index in [2.05, 4.69) is 6.92 Å². The van der Waals surface area contributed by atoms with Crippen molar-refractivity contribution in [2.75, 3.05) is 13.2 Å². The highest BCUT2D eigenvalue weighted by molar-refractivity contribution is 5.76. The molecule has 3 nitrogen and oxygen atoms in total. The summed E-state index contributed by atoms with van der Waals surface area (Å²) in [7, 11) is 0. The monoisotopic (exact) mass is 199 g/mol. The number of aliphatic hydroxyl groups excluding tert-OH is 1. The normalized spacial score (nSPS) is 22.4. The SMILES string of the molecule is CCC1CCCCN1C(=O)CCCO. The fourth-order valence-electron chi connectivity index (χ4n) is 2.13. The van der Waals surface area contributed by atoms with Crippen LogP contribution in [0.15, 0.2) is 0 Å². The molecule has 82 valence electrons. The standard InChI is InChI=1S/C11H21NO2/c1-2-10-6-3-4-8-12(10)11(14)7-5-9-13/h10,13H,2-9H2,1H3. The fraction of sp³-hybridized carbons (Fsp3) is 0.909. The van der Waals surface area contributed by atoms with Gasteiger partial charge in [-0.25, -0.2) is 0 Å². The zero-order valence-corrected chi connectivity index (χ0v) is 9.04. The van der Waals surface area contributed by atoms with Gasteiger partial charge in [-0.2, -0.15) is 0 Å². The van der Waals surface area contributed by atoms with Gasteiger partial charge in [0.15, 0.2) is 0 Å². The van der Waals surface area contributed by atoms with Gasteiger partial charge < -0.3 is 10.0 Å². The van der Waals surface area contributed by atoms with E-state index < -0.39 is 0 Å². The third-order valence-electron chi connectivity index (χ3n) is 2.97. The van der Waals surface area contributed by atoms with E-state index in [9.17, 15) is 4.79 Å². The summed E-state index contributed by atoms with van der Waals surface area (Å²) in [4.78, 5) is 13.8. The van der Waals surface area contributed by atoms with Crippen LogP contribution in [0.4, 0.5) is 0 Å². The van der Waals surface area contributed by atoms with Crippen LogP contribution in [-0.4, -0.2) is 35.1 Å². The molecule has 1 amide bonds. The second kappa shape index (κ2) is 6.02. The Hall–Kier alpha value is -0.570. The van der Waals surface area contributed by atoms with E-state index in [-0.39, 0.29) is 12.5 Å². The number of likely N-dealkylation sites (tertiary alicyclic amines) is 1. The molecular weight excluding hydrogens is 178 g/mol. The van der Waals surface area contributed by atoms with Gasteiger partial charge in [-0.05, 0) is 32.1 Å². The van der Waals surface area contributed by atoms with E-state index in [1.165, 1.54) is 6.42 Å².